The Kier molecular flexibility index (Phi) is 5.38. The third-order valence-electron chi connectivity index (χ3n) is 4.88. The van der Waals surface area contributed by atoms with Crippen LogP contribution in [0.15, 0.2) is 22.3 Å². The zero-order valence-corrected chi connectivity index (χ0v) is 14.8. The van der Waals surface area contributed by atoms with Gasteiger partial charge in [0, 0.05) is 11.2 Å². The fourth-order valence-corrected chi connectivity index (χ4v) is 4.62. The fourth-order valence-electron chi connectivity index (χ4n) is 3.85. The molecule has 2 unspecified atom stereocenters. The first-order valence-electron chi connectivity index (χ1n) is 7.47. The minimum atomic E-state index is -1.22. The van der Waals surface area contributed by atoms with Gasteiger partial charge in [-0.1, -0.05) is 46.4 Å². The maximum absolute atomic E-state index is 12.0. The number of rotatable bonds is 5. The van der Waals surface area contributed by atoms with E-state index in [9.17, 15) is 19.8 Å². The van der Waals surface area contributed by atoms with Crippen molar-refractivity contribution >= 4 is 39.5 Å². The van der Waals surface area contributed by atoms with Crippen molar-refractivity contribution in [2.75, 3.05) is 5.33 Å². The Hall–Kier alpha value is -0.810. The predicted octanol–water partition coefficient (Wildman–Crippen LogP) is 4.19. The molecule has 1 saturated carbocycles. The van der Waals surface area contributed by atoms with Gasteiger partial charge in [0.2, 0.25) is 0 Å². The van der Waals surface area contributed by atoms with Crippen LogP contribution in [0.3, 0.4) is 0 Å². The van der Waals surface area contributed by atoms with Gasteiger partial charge in [0.05, 0.1) is 16.0 Å². The van der Waals surface area contributed by atoms with Crippen LogP contribution in [-0.2, 0) is 9.59 Å². The second-order valence-electron chi connectivity index (χ2n) is 6.25. The molecule has 2 rings (SSSR count). The summed E-state index contributed by atoms with van der Waals surface area (Å²) in [5.41, 5.74) is -0.537. The lowest BCUT2D eigenvalue weighted by molar-refractivity contribution is -0.149. The molecule has 0 aromatic carbocycles. The van der Waals surface area contributed by atoms with Crippen LogP contribution in [0.25, 0.3) is 0 Å². The van der Waals surface area contributed by atoms with Crippen molar-refractivity contribution in [3.05, 3.63) is 22.3 Å². The summed E-state index contributed by atoms with van der Waals surface area (Å²) < 4.78 is 0. The summed E-state index contributed by atoms with van der Waals surface area (Å²) in [6.45, 7) is 1.62. The van der Waals surface area contributed by atoms with Gasteiger partial charge in [-0.3, -0.25) is 4.79 Å². The van der Waals surface area contributed by atoms with Crippen molar-refractivity contribution < 1.29 is 19.8 Å². The monoisotopic (exact) mass is 390 g/mol. The van der Waals surface area contributed by atoms with Crippen LogP contribution in [0.4, 0.5) is 0 Å². The van der Waals surface area contributed by atoms with E-state index in [0.29, 0.717) is 17.3 Å². The van der Waals surface area contributed by atoms with Crippen LogP contribution in [0, 0.1) is 17.3 Å². The molecule has 2 aliphatic carbocycles. The number of aliphatic carboxylic acids is 2. The van der Waals surface area contributed by atoms with Gasteiger partial charge in [0.1, 0.15) is 0 Å². The first kappa shape index (κ1) is 17.5. The highest BCUT2D eigenvalue weighted by Gasteiger charge is 2.51. The molecule has 0 aliphatic heterocycles. The smallest absolute Gasteiger partial charge is 0.333 e. The Morgan fingerprint density at radius 2 is 1.95 bits per heavy atom. The molecule has 22 heavy (non-hydrogen) atoms. The van der Waals surface area contributed by atoms with Crippen molar-refractivity contribution in [1.82, 2.24) is 0 Å². The van der Waals surface area contributed by atoms with E-state index >= 15 is 0 Å². The molecular formula is C16H20BrClO4. The third-order valence-corrected chi connectivity index (χ3v) is 5.72. The summed E-state index contributed by atoms with van der Waals surface area (Å²) >= 11 is 9.65. The van der Waals surface area contributed by atoms with Crippen molar-refractivity contribution in [3.63, 3.8) is 0 Å². The Morgan fingerprint density at radius 1 is 1.36 bits per heavy atom. The van der Waals surface area contributed by atoms with Gasteiger partial charge < -0.3 is 10.2 Å². The highest BCUT2D eigenvalue weighted by atomic mass is 79.9. The van der Waals surface area contributed by atoms with Gasteiger partial charge in [-0.05, 0) is 37.7 Å². The molecule has 6 heteroatoms. The first-order chi connectivity index (χ1) is 10.3. The van der Waals surface area contributed by atoms with Gasteiger partial charge in [-0.2, -0.15) is 0 Å². The van der Waals surface area contributed by atoms with E-state index in [2.05, 4.69) is 15.9 Å². The molecule has 4 nitrogen and oxygen atoms in total. The normalized spacial score (nSPS) is 29.6. The Labute approximate surface area is 143 Å². The molecule has 122 valence electrons. The van der Waals surface area contributed by atoms with Crippen LogP contribution in [0.1, 0.15) is 39.0 Å². The summed E-state index contributed by atoms with van der Waals surface area (Å²) in [7, 11) is 0. The number of halogens is 2. The highest BCUT2D eigenvalue weighted by Crippen LogP contribution is 2.52. The minimum Gasteiger partial charge on any atom is -0.481 e. The van der Waals surface area contributed by atoms with Gasteiger partial charge in [-0.25, -0.2) is 4.79 Å². The van der Waals surface area contributed by atoms with E-state index in [4.69, 9.17) is 11.6 Å². The molecule has 2 atom stereocenters. The maximum atomic E-state index is 12.0. The third kappa shape index (κ3) is 2.98. The lowest BCUT2D eigenvalue weighted by Crippen LogP contribution is -2.43. The summed E-state index contributed by atoms with van der Waals surface area (Å²) in [6.07, 6.45) is 5.93. The molecule has 1 fully saturated rings. The molecule has 0 amide bonds. The van der Waals surface area contributed by atoms with E-state index in [1.54, 1.807) is 13.0 Å². The molecule has 0 saturated heterocycles. The second kappa shape index (κ2) is 6.75. The van der Waals surface area contributed by atoms with Crippen LogP contribution in [0.5, 0.6) is 0 Å². The zero-order valence-electron chi connectivity index (χ0n) is 12.4. The number of allylic oxidation sites excluding steroid dienone is 2. The van der Waals surface area contributed by atoms with E-state index < -0.39 is 23.3 Å². The second-order valence-corrected chi connectivity index (χ2v) is 7.42. The number of hydrogen-bond donors (Lipinski definition) is 2. The average molecular weight is 392 g/mol. The largest absolute Gasteiger partial charge is 0.481 e. The van der Waals surface area contributed by atoms with Crippen LogP contribution >= 0.6 is 27.5 Å². The fraction of sp³-hybridized carbons (Fsp3) is 0.625. The first-order valence-corrected chi connectivity index (χ1v) is 8.97. The van der Waals surface area contributed by atoms with Crippen LogP contribution in [-0.4, -0.2) is 27.5 Å². The standard InChI is InChI=1S/C16H20BrClO4/c1-16(15(21)22)8-10(6-7-17)13(18)11(14(19)20)12(16)9-4-2-3-5-9/h8-9,12H,2-7H2,1H3,(H,19,20)(H,21,22). The van der Waals surface area contributed by atoms with Gasteiger partial charge >= 0.3 is 11.9 Å². The Balaban J connectivity index is 2.60. The number of carboxylic acids is 2. The topological polar surface area (TPSA) is 74.6 Å². The number of carboxylic acid groups (broad SMARTS) is 2. The maximum Gasteiger partial charge on any atom is 0.333 e. The summed E-state index contributed by atoms with van der Waals surface area (Å²) in [5.74, 6) is -2.60. The molecule has 2 aliphatic rings. The zero-order chi connectivity index (χ0) is 16.5. The van der Waals surface area contributed by atoms with Crippen molar-refractivity contribution in [2.45, 2.75) is 39.0 Å². The molecular weight excluding hydrogens is 372 g/mol. The summed E-state index contributed by atoms with van der Waals surface area (Å²) in [4.78, 5) is 23.8. The lowest BCUT2D eigenvalue weighted by Gasteiger charge is -2.40. The van der Waals surface area contributed by atoms with E-state index in [-0.39, 0.29) is 16.5 Å². The Morgan fingerprint density at radius 3 is 2.41 bits per heavy atom. The van der Waals surface area contributed by atoms with Crippen LogP contribution in [0.2, 0.25) is 0 Å². The SMILES string of the molecule is CC1(C(=O)O)C=C(CCBr)C(Cl)=C(C(=O)O)C1C1CCCC1. The molecule has 0 heterocycles. The van der Waals surface area contributed by atoms with E-state index in [1.807, 2.05) is 0 Å². The molecule has 0 bridgehead atoms. The Bertz CT molecular complexity index is 548. The van der Waals surface area contributed by atoms with Gasteiger partial charge in [0.25, 0.3) is 0 Å². The lowest BCUT2D eigenvalue weighted by atomic mass is 9.63. The van der Waals surface area contributed by atoms with E-state index in [0.717, 1.165) is 25.7 Å². The van der Waals surface area contributed by atoms with Crippen LogP contribution < -0.4 is 0 Å². The number of hydrogen-bond acceptors (Lipinski definition) is 2. The van der Waals surface area contributed by atoms with Gasteiger partial charge in [-0.15, -0.1) is 0 Å². The molecule has 0 spiro atoms. The molecule has 0 aromatic heterocycles. The van der Waals surface area contributed by atoms with Crippen molar-refractivity contribution in [2.24, 2.45) is 17.3 Å². The highest BCUT2D eigenvalue weighted by molar-refractivity contribution is 9.09. The quantitative estimate of drug-likeness (QED) is 0.689. The van der Waals surface area contributed by atoms with Gasteiger partial charge in [0.15, 0.2) is 0 Å². The number of carbonyl (C=O) groups is 2. The summed E-state index contributed by atoms with van der Waals surface area (Å²) in [5, 5.41) is 20.3. The van der Waals surface area contributed by atoms with Crippen molar-refractivity contribution in [1.29, 1.82) is 0 Å². The molecule has 0 aromatic rings. The number of alkyl halides is 1. The molecule has 2 N–H and O–H groups in total. The minimum absolute atomic E-state index is 0.0581. The average Bonchev–Trinajstić information content (AvgIpc) is 2.95. The summed E-state index contributed by atoms with van der Waals surface area (Å²) in [6, 6.07) is 0. The van der Waals surface area contributed by atoms with Crippen molar-refractivity contribution in [3.8, 4) is 0 Å². The predicted molar refractivity (Wildman–Crippen MR) is 88.2 cm³/mol. The van der Waals surface area contributed by atoms with E-state index in [1.165, 1.54) is 0 Å². The molecule has 0 radical (unpaired) electrons.